The molecule has 0 bridgehead atoms. The van der Waals surface area contributed by atoms with Crippen molar-refractivity contribution >= 4 is 27.0 Å². The average Bonchev–Trinajstić information content (AvgIpc) is 2.49. The standard InChI is InChI=1S/C10H8O.C6H5NO2S/c11-10-7-3-5-8-4-1-2-6-9(8)10;8-10(9)7-6-4-2-1-3-5-6/h1-7,11H;1-5H. The Hall–Kier alpha value is -2.66. The molecule has 0 radical (unpaired) electrons. The highest BCUT2D eigenvalue weighted by atomic mass is 32.2. The summed E-state index contributed by atoms with van der Waals surface area (Å²) in [6.45, 7) is 0. The summed E-state index contributed by atoms with van der Waals surface area (Å²) >= 11 is 0. The van der Waals surface area contributed by atoms with Crippen LogP contribution in [0.15, 0.2) is 77.2 Å². The fourth-order valence-electron chi connectivity index (χ4n) is 1.78. The molecule has 0 atom stereocenters. The first kappa shape index (κ1) is 14.7. The molecule has 0 aliphatic heterocycles. The van der Waals surface area contributed by atoms with Crippen LogP contribution in [0.25, 0.3) is 10.8 Å². The third-order valence-electron chi connectivity index (χ3n) is 2.70. The summed E-state index contributed by atoms with van der Waals surface area (Å²) in [6, 6.07) is 21.8. The fourth-order valence-corrected chi connectivity index (χ4v) is 2.08. The van der Waals surface area contributed by atoms with E-state index in [4.69, 9.17) is 0 Å². The van der Waals surface area contributed by atoms with Crippen LogP contribution in [-0.2, 0) is 10.5 Å². The molecule has 1 N–H and O–H groups in total. The lowest BCUT2D eigenvalue weighted by Crippen LogP contribution is -1.70. The largest absolute Gasteiger partial charge is 0.507 e. The molecule has 4 nitrogen and oxygen atoms in total. The smallest absolute Gasteiger partial charge is 0.316 e. The highest BCUT2D eigenvalue weighted by Crippen LogP contribution is 2.22. The van der Waals surface area contributed by atoms with Crippen molar-refractivity contribution in [3.05, 3.63) is 72.8 Å². The molecule has 3 rings (SSSR count). The molecule has 0 aromatic heterocycles. The molecule has 5 heteroatoms. The monoisotopic (exact) mass is 299 g/mol. The fraction of sp³-hybridized carbons (Fsp3) is 0. The third kappa shape index (κ3) is 4.43. The summed E-state index contributed by atoms with van der Waals surface area (Å²) in [6.07, 6.45) is 0. The summed E-state index contributed by atoms with van der Waals surface area (Å²) in [7, 11) is -2.34. The van der Waals surface area contributed by atoms with E-state index in [1.54, 1.807) is 36.4 Å². The molecule has 0 heterocycles. The summed E-state index contributed by atoms with van der Waals surface area (Å²) in [4.78, 5) is 0. The first-order valence-electron chi connectivity index (χ1n) is 6.20. The van der Waals surface area contributed by atoms with Gasteiger partial charge in [0.2, 0.25) is 0 Å². The van der Waals surface area contributed by atoms with Crippen LogP contribution in [-0.4, -0.2) is 13.5 Å². The highest BCUT2D eigenvalue weighted by Gasteiger charge is 1.94. The maximum Gasteiger partial charge on any atom is 0.316 e. The van der Waals surface area contributed by atoms with Crippen molar-refractivity contribution in [2.24, 2.45) is 4.36 Å². The zero-order chi connectivity index (χ0) is 15.1. The van der Waals surface area contributed by atoms with Crippen molar-refractivity contribution in [2.75, 3.05) is 0 Å². The topological polar surface area (TPSA) is 66.7 Å². The molecule has 3 aromatic carbocycles. The van der Waals surface area contributed by atoms with E-state index >= 15 is 0 Å². The van der Waals surface area contributed by atoms with Crippen LogP contribution in [0.4, 0.5) is 5.69 Å². The van der Waals surface area contributed by atoms with Gasteiger partial charge in [-0.05, 0) is 23.6 Å². The van der Waals surface area contributed by atoms with Gasteiger partial charge in [-0.3, -0.25) is 0 Å². The Balaban J connectivity index is 0.000000155. The number of rotatable bonds is 1. The van der Waals surface area contributed by atoms with Crippen molar-refractivity contribution < 1.29 is 13.5 Å². The van der Waals surface area contributed by atoms with Crippen LogP contribution in [0.2, 0.25) is 0 Å². The number of benzene rings is 3. The Labute approximate surface area is 124 Å². The number of phenolic OH excluding ortho intramolecular Hbond substituents is 1. The number of hydrogen-bond acceptors (Lipinski definition) is 4. The lowest BCUT2D eigenvalue weighted by Gasteiger charge is -1.97. The molecule has 0 unspecified atom stereocenters. The predicted molar refractivity (Wildman–Crippen MR) is 83.1 cm³/mol. The molecule has 0 amide bonds. The Kier molecular flexibility index (Phi) is 5.06. The van der Waals surface area contributed by atoms with E-state index in [1.165, 1.54) is 0 Å². The second-order valence-corrected chi connectivity index (χ2v) is 4.76. The molecule has 0 spiro atoms. The van der Waals surface area contributed by atoms with Gasteiger partial charge in [0.1, 0.15) is 5.75 Å². The van der Waals surface area contributed by atoms with Crippen molar-refractivity contribution in [2.45, 2.75) is 0 Å². The number of fused-ring (bicyclic) bond motifs is 1. The maximum absolute atomic E-state index is 10.0. The van der Waals surface area contributed by atoms with Crippen LogP contribution < -0.4 is 0 Å². The van der Waals surface area contributed by atoms with Crippen LogP contribution in [0.1, 0.15) is 0 Å². The zero-order valence-electron chi connectivity index (χ0n) is 11.0. The third-order valence-corrected chi connectivity index (χ3v) is 3.06. The molecule has 0 aliphatic rings. The highest BCUT2D eigenvalue weighted by molar-refractivity contribution is 7.61. The van der Waals surface area contributed by atoms with Gasteiger partial charge in [0.05, 0.1) is 5.69 Å². The van der Waals surface area contributed by atoms with E-state index < -0.39 is 10.5 Å². The van der Waals surface area contributed by atoms with Gasteiger partial charge >= 0.3 is 10.5 Å². The summed E-state index contributed by atoms with van der Waals surface area (Å²) in [5, 5.41) is 11.4. The summed E-state index contributed by atoms with van der Waals surface area (Å²) in [5.74, 6) is 0.350. The van der Waals surface area contributed by atoms with E-state index in [0.717, 1.165) is 10.8 Å². The van der Waals surface area contributed by atoms with E-state index in [2.05, 4.69) is 4.36 Å². The van der Waals surface area contributed by atoms with Crippen LogP contribution in [0, 0.1) is 0 Å². The molecule has 3 aromatic rings. The van der Waals surface area contributed by atoms with Gasteiger partial charge in [-0.2, -0.15) is 8.42 Å². The van der Waals surface area contributed by atoms with Crippen molar-refractivity contribution in [3.63, 3.8) is 0 Å². The number of aromatic hydroxyl groups is 1. The minimum absolute atomic E-state index is 0.350. The van der Waals surface area contributed by atoms with E-state index in [-0.39, 0.29) is 0 Å². The predicted octanol–water partition coefficient (Wildman–Crippen LogP) is 3.93. The van der Waals surface area contributed by atoms with Crippen molar-refractivity contribution in [1.82, 2.24) is 0 Å². The van der Waals surface area contributed by atoms with E-state index in [9.17, 15) is 13.5 Å². The van der Waals surface area contributed by atoms with E-state index in [1.807, 2.05) is 36.4 Å². The van der Waals surface area contributed by atoms with Crippen LogP contribution in [0.5, 0.6) is 5.75 Å². The Morgan fingerprint density at radius 2 is 1.38 bits per heavy atom. The number of hydrogen-bond donors (Lipinski definition) is 1. The number of phenols is 1. The maximum atomic E-state index is 10.0. The Bertz CT molecular complexity index is 846. The molecule has 0 saturated carbocycles. The second-order valence-electron chi connectivity index (χ2n) is 4.14. The first-order chi connectivity index (χ1) is 10.2. The zero-order valence-corrected chi connectivity index (χ0v) is 11.9. The molecule has 21 heavy (non-hydrogen) atoms. The molecule has 0 saturated heterocycles. The molecular formula is C16H13NO3S. The second kappa shape index (κ2) is 7.21. The SMILES string of the molecule is O=S(=O)=Nc1ccccc1.Oc1cccc2ccccc12. The lowest BCUT2D eigenvalue weighted by atomic mass is 10.1. The molecule has 0 aliphatic carbocycles. The van der Waals surface area contributed by atoms with Crippen molar-refractivity contribution in [3.8, 4) is 5.75 Å². The van der Waals surface area contributed by atoms with Crippen LogP contribution >= 0.6 is 0 Å². The molecule has 0 fully saturated rings. The normalized spacial score (nSPS) is 9.52. The van der Waals surface area contributed by atoms with Gasteiger partial charge in [-0.1, -0.05) is 54.6 Å². The summed E-state index contributed by atoms with van der Waals surface area (Å²) in [5.41, 5.74) is 0.454. The van der Waals surface area contributed by atoms with Crippen molar-refractivity contribution in [1.29, 1.82) is 0 Å². The van der Waals surface area contributed by atoms with Gasteiger partial charge in [0.25, 0.3) is 0 Å². The lowest BCUT2D eigenvalue weighted by molar-refractivity contribution is 0.481. The van der Waals surface area contributed by atoms with Gasteiger partial charge in [0.15, 0.2) is 0 Å². The first-order valence-corrected chi connectivity index (χ1v) is 7.23. The van der Waals surface area contributed by atoms with Gasteiger partial charge in [-0.25, -0.2) is 0 Å². The van der Waals surface area contributed by atoms with Gasteiger partial charge in [0, 0.05) is 5.39 Å². The summed E-state index contributed by atoms with van der Waals surface area (Å²) < 4.78 is 23.3. The van der Waals surface area contributed by atoms with Crippen LogP contribution in [0.3, 0.4) is 0 Å². The number of nitrogens with zero attached hydrogens (tertiary/aromatic N) is 1. The average molecular weight is 299 g/mol. The minimum atomic E-state index is -2.34. The molecule has 106 valence electrons. The van der Waals surface area contributed by atoms with E-state index in [0.29, 0.717) is 11.4 Å². The van der Waals surface area contributed by atoms with Gasteiger partial charge < -0.3 is 5.11 Å². The Morgan fingerprint density at radius 1 is 0.762 bits per heavy atom. The van der Waals surface area contributed by atoms with Gasteiger partial charge in [-0.15, -0.1) is 4.36 Å². The molecular weight excluding hydrogens is 286 g/mol. The Morgan fingerprint density at radius 3 is 2.05 bits per heavy atom. The quantitative estimate of drug-likeness (QED) is 0.740. The minimum Gasteiger partial charge on any atom is -0.507 e.